The largest absolute Gasteiger partial charge is 0.443 e. The van der Waals surface area contributed by atoms with Crippen LogP contribution in [0.5, 0.6) is 0 Å². The lowest BCUT2D eigenvalue weighted by Crippen LogP contribution is -2.45. The molecule has 0 saturated carbocycles. The smallest absolute Gasteiger partial charge is 0.417 e. The zero-order chi connectivity index (χ0) is 16.3. The molecule has 0 aliphatic carbocycles. The van der Waals surface area contributed by atoms with Crippen LogP contribution in [0.25, 0.3) is 6.08 Å². The van der Waals surface area contributed by atoms with Gasteiger partial charge in [-0.05, 0) is 23.5 Å². The monoisotopic (exact) mass is 301 g/mol. The van der Waals surface area contributed by atoms with E-state index in [-0.39, 0.29) is 29.9 Å². The second-order valence-electron chi connectivity index (χ2n) is 6.28. The molecule has 1 aromatic rings. The summed E-state index contributed by atoms with van der Waals surface area (Å²) in [6, 6.07) is 9.31. The Morgan fingerprint density at radius 1 is 1.14 bits per heavy atom. The molecule has 4 heteroatoms. The molecule has 1 aliphatic heterocycles. The van der Waals surface area contributed by atoms with E-state index in [1.54, 1.807) is 6.08 Å². The number of carbonyl (C=O) groups is 2. The molecule has 0 unspecified atom stereocenters. The van der Waals surface area contributed by atoms with E-state index in [0.717, 1.165) is 5.56 Å². The van der Waals surface area contributed by atoms with Gasteiger partial charge >= 0.3 is 6.09 Å². The second-order valence-corrected chi connectivity index (χ2v) is 6.28. The van der Waals surface area contributed by atoms with E-state index in [9.17, 15) is 9.59 Å². The minimum absolute atomic E-state index is 0.146. The Morgan fingerprint density at radius 2 is 1.77 bits per heavy atom. The van der Waals surface area contributed by atoms with E-state index in [2.05, 4.69) is 0 Å². The number of rotatable bonds is 4. The van der Waals surface area contributed by atoms with Crippen molar-refractivity contribution in [2.45, 2.75) is 39.8 Å². The molecule has 0 radical (unpaired) electrons. The highest BCUT2D eigenvalue weighted by atomic mass is 16.6. The van der Waals surface area contributed by atoms with Crippen molar-refractivity contribution in [3.8, 4) is 0 Å². The molecule has 0 aromatic heterocycles. The lowest BCUT2D eigenvalue weighted by molar-refractivity contribution is -0.124. The first-order chi connectivity index (χ1) is 10.4. The lowest BCUT2D eigenvalue weighted by Gasteiger charge is -2.27. The molecular weight excluding hydrogens is 278 g/mol. The number of carbonyl (C=O) groups excluding carboxylic acids is 2. The van der Waals surface area contributed by atoms with Crippen LogP contribution in [-0.4, -0.2) is 29.0 Å². The van der Waals surface area contributed by atoms with E-state index in [1.165, 1.54) is 11.0 Å². The van der Waals surface area contributed by atoms with Crippen molar-refractivity contribution < 1.29 is 14.3 Å². The van der Waals surface area contributed by atoms with Gasteiger partial charge < -0.3 is 4.74 Å². The van der Waals surface area contributed by atoms with Crippen molar-refractivity contribution in [1.82, 2.24) is 4.90 Å². The molecule has 2 amide bonds. The first-order valence-electron chi connectivity index (χ1n) is 7.68. The average Bonchev–Trinajstić information content (AvgIpc) is 2.84. The van der Waals surface area contributed by atoms with Gasteiger partial charge in [0.1, 0.15) is 6.10 Å². The first-order valence-corrected chi connectivity index (χ1v) is 7.68. The van der Waals surface area contributed by atoms with Gasteiger partial charge in [-0.15, -0.1) is 0 Å². The fourth-order valence-corrected chi connectivity index (χ4v) is 2.77. The molecule has 1 heterocycles. The number of benzene rings is 1. The summed E-state index contributed by atoms with van der Waals surface area (Å²) in [6.07, 6.45) is 2.37. The third kappa shape index (κ3) is 3.38. The highest BCUT2D eigenvalue weighted by molar-refractivity contribution is 6.02. The number of cyclic esters (lactones) is 1. The molecule has 1 aliphatic rings. The summed E-state index contributed by atoms with van der Waals surface area (Å²) in [4.78, 5) is 25.8. The van der Waals surface area contributed by atoms with Crippen LogP contribution in [0.1, 0.15) is 33.3 Å². The predicted octanol–water partition coefficient (Wildman–Crippen LogP) is 3.73. The number of hydrogen-bond acceptors (Lipinski definition) is 3. The van der Waals surface area contributed by atoms with E-state index < -0.39 is 6.09 Å². The molecular formula is C18H23NO3. The summed E-state index contributed by atoms with van der Waals surface area (Å²) in [6.45, 7) is 8.01. The molecule has 1 aromatic carbocycles. The molecule has 2 rings (SSSR count). The van der Waals surface area contributed by atoms with E-state index in [4.69, 9.17) is 4.74 Å². The molecule has 0 bridgehead atoms. The highest BCUT2D eigenvalue weighted by Crippen LogP contribution is 2.30. The quantitative estimate of drug-likeness (QED) is 0.796. The van der Waals surface area contributed by atoms with Crippen LogP contribution >= 0.6 is 0 Å². The van der Waals surface area contributed by atoms with Crippen molar-refractivity contribution >= 4 is 18.1 Å². The van der Waals surface area contributed by atoms with Crippen molar-refractivity contribution in [2.75, 3.05) is 0 Å². The summed E-state index contributed by atoms with van der Waals surface area (Å²) in [5.41, 5.74) is 0.921. The van der Waals surface area contributed by atoms with E-state index in [0.29, 0.717) is 0 Å². The van der Waals surface area contributed by atoms with Crippen molar-refractivity contribution in [3.05, 3.63) is 42.0 Å². The minimum Gasteiger partial charge on any atom is -0.443 e. The van der Waals surface area contributed by atoms with Gasteiger partial charge in [0.05, 0.1) is 6.04 Å². The Bertz CT molecular complexity index is 563. The highest BCUT2D eigenvalue weighted by Gasteiger charge is 2.47. The number of ether oxygens (including phenoxy) is 1. The van der Waals surface area contributed by atoms with Crippen molar-refractivity contribution in [1.29, 1.82) is 0 Å². The van der Waals surface area contributed by atoms with Gasteiger partial charge in [0.2, 0.25) is 0 Å². The molecule has 1 fully saturated rings. The van der Waals surface area contributed by atoms with Crippen LogP contribution in [0.2, 0.25) is 0 Å². The Kier molecular flexibility index (Phi) is 5.01. The van der Waals surface area contributed by atoms with Gasteiger partial charge in [-0.2, -0.15) is 0 Å². The lowest BCUT2D eigenvalue weighted by atomic mass is 9.91. The number of amides is 2. The summed E-state index contributed by atoms with van der Waals surface area (Å²) in [5.74, 6) is -0.00381. The Balaban J connectivity index is 2.20. The zero-order valence-electron chi connectivity index (χ0n) is 13.5. The van der Waals surface area contributed by atoms with Gasteiger partial charge in [0.25, 0.3) is 5.91 Å². The Labute approximate surface area is 131 Å². The normalized spacial score (nSPS) is 21.9. The van der Waals surface area contributed by atoms with Crippen LogP contribution in [0.4, 0.5) is 4.79 Å². The Hall–Kier alpha value is -2.10. The van der Waals surface area contributed by atoms with E-state index >= 15 is 0 Å². The predicted molar refractivity (Wildman–Crippen MR) is 86.1 cm³/mol. The number of nitrogens with zero attached hydrogens (tertiary/aromatic N) is 1. The number of imide groups is 1. The van der Waals surface area contributed by atoms with Crippen molar-refractivity contribution in [2.24, 2.45) is 11.8 Å². The molecule has 1 saturated heterocycles. The van der Waals surface area contributed by atoms with Gasteiger partial charge in [0.15, 0.2) is 0 Å². The maximum atomic E-state index is 12.5. The Morgan fingerprint density at radius 3 is 2.32 bits per heavy atom. The van der Waals surface area contributed by atoms with E-state index in [1.807, 2.05) is 58.0 Å². The van der Waals surface area contributed by atoms with Crippen LogP contribution in [0.15, 0.2) is 36.4 Å². The van der Waals surface area contributed by atoms with Gasteiger partial charge in [-0.1, -0.05) is 58.0 Å². The topological polar surface area (TPSA) is 46.6 Å². The maximum absolute atomic E-state index is 12.5. The zero-order valence-corrected chi connectivity index (χ0v) is 13.5. The third-order valence-electron chi connectivity index (χ3n) is 3.86. The van der Waals surface area contributed by atoms with Gasteiger partial charge in [0, 0.05) is 6.08 Å². The van der Waals surface area contributed by atoms with Crippen molar-refractivity contribution in [3.63, 3.8) is 0 Å². The van der Waals surface area contributed by atoms with Gasteiger partial charge in [-0.25, -0.2) is 9.69 Å². The van der Waals surface area contributed by atoms with Gasteiger partial charge in [-0.3, -0.25) is 4.79 Å². The second kappa shape index (κ2) is 6.77. The molecule has 2 atom stereocenters. The summed E-state index contributed by atoms with van der Waals surface area (Å²) >= 11 is 0. The average molecular weight is 301 g/mol. The fraction of sp³-hybridized carbons (Fsp3) is 0.444. The summed E-state index contributed by atoms with van der Waals surface area (Å²) < 4.78 is 5.41. The number of hydrogen-bond donors (Lipinski definition) is 0. The molecule has 0 N–H and O–H groups in total. The first kappa shape index (κ1) is 16.3. The SMILES string of the molecule is CC(C)[C@H]1OC(=O)N(C(=O)/C=C/c2ccccc2)[C@H]1C(C)C. The summed E-state index contributed by atoms with van der Waals surface area (Å²) in [5, 5.41) is 0. The van der Waals surface area contributed by atoms with Crippen LogP contribution in [-0.2, 0) is 9.53 Å². The summed E-state index contributed by atoms with van der Waals surface area (Å²) in [7, 11) is 0. The molecule has 118 valence electrons. The standard InChI is InChI=1S/C18H23NO3/c1-12(2)16-17(13(3)4)22-18(21)19(16)15(20)11-10-14-8-6-5-7-9-14/h5-13,16-17H,1-4H3/b11-10+/t16-,17+/m0/s1. The fourth-order valence-electron chi connectivity index (χ4n) is 2.77. The van der Waals surface area contributed by atoms with Crippen LogP contribution in [0, 0.1) is 11.8 Å². The third-order valence-corrected chi connectivity index (χ3v) is 3.86. The molecule has 0 spiro atoms. The van der Waals surface area contributed by atoms with Crippen LogP contribution < -0.4 is 0 Å². The van der Waals surface area contributed by atoms with Crippen LogP contribution in [0.3, 0.4) is 0 Å². The maximum Gasteiger partial charge on any atom is 0.417 e. The molecule has 22 heavy (non-hydrogen) atoms. The molecule has 4 nitrogen and oxygen atoms in total. The minimum atomic E-state index is -0.542.